The number of carbonyl (C=O) groups is 2. The minimum absolute atomic E-state index is 0.182. The van der Waals surface area contributed by atoms with Gasteiger partial charge in [0.05, 0.1) is 0 Å². The lowest BCUT2D eigenvalue weighted by Gasteiger charge is -2.29. The summed E-state index contributed by atoms with van der Waals surface area (Å²) in [6, 6.07) is 1.14. The predicted octanol–water partition coefficient (Wildman–Crippen LogP) is 2.39. The number of alkyl halides is 3. The number of aromatic nitrogens is 1. The molecule has 0 spiro atoms. The first kappa shape index (κ1) is 21.7. The van der Waals surface area contributed by atoms with Crippen LogP contribution in [0.5, 0.6) is 0 Å². The Bertz CT molecular complexity index is 713. The third-order valence-corrected chi connectivity index (χ3v) is 4.22. The van der Waals surface area contributed by atoms with Crippen LogP contribution >= 0.6 is 0 Å². The van der Waals surface area contributed by atoms with Crippen molar-refractivity contribution in [2.24, 2.45) is 5.73 Å². The Morgan fingerprint density at radius 2 is 1.88 bits per heavy atom. The van der Waals surface area contributed by atoms with Crippen molar-refractivity contribution in [2.75, 3.05) is 6.54 Å². The van der Waals surface area contributed by atoms with Crippen LogP contribution in [0.2, 0.25) is 0 Å². The molecule has 0 aliphatic rings. The van der Waals surface area contributed by atoms with E-state index in [1.807, 2.05) is 13.8 Å². The summed E-state index contributed by atoms with van der Waals surface area (Å²) in [6.45, 7) is 5.17. The molecule has 0 radical (unpaired) electrons. The summed E-state index contributed by atoms with van der Waals surface area (Å²) in [5.74, 6) is -1.75. The van der Waals surface area contributed by atoms with Crippen LogP contribution < -0.4 is 11.3 Å². The fourth-order valence-electron chi connectivity index (χ4n) is 2.54. The lowest BCUT2D eigenvalue weighted by atomic mass is 10.2. The maximum atomic E-state index is 13.2. The number of rotatable bonds is 8. The standard InChI is InChI=1S/C17H24F3N3O3/c1-4-6-9-22(11(3)5-2)14(24)10-23-13(17(18,19)20)8-7-12(15(21)25)16(23)26/h7-8,11H,4-6,9-10H2,1-3H3,(H2,21,25)/t11-/m1/s1. The number of unbranched alkanes of at least 4 members (excludes halogenated alkanes) is 1. The van der Waals surface area contributed by atoms with E-state index in [-0.39, 0.29) is 10.6 Å². The Kier molecular flexibility index (Phi) is 7.41. The van der Waals surface area contributed by atoms with E-state index in [0.29, 0.717) is 25.5 Å². The van der Waals surface area contributed by atoms with Crippen molar-refractivity contribution in [3.8, 4) is 0 Å². The van der Waals surface area contributed by atoms with Crippen LogP contribution in [0.4, 0.5) is 13.2 Å². The first-order valence-corrected chi connectivity index (χ1v) is 8.44. The Morgan fingerprint density at radius 1 is 1.27 bits per heavy atom. The number of hydrogen-bond donors (Lipinski definition) is 1. The Labute approximate surface area is 149 Å². The van der Waals surface area contributed by atoms with E-state index in [1.165, 1.54) is 4.90 Å². The van der Waals surface area contributed by atoms with Crippen LogP contribution in [0.25, 0.3) is 0 Å². The highest BCUT2D eigenvalue weighted by atomic mass is 19.4. The van der Waals surface area contributed by atoms with Gasteiger partial charge in [-0.3, -0.25) is 19.0 Å². The number of pyridine rings is 1. The van der Waals surface area contributed by atoms with E-state index < -0.39 is 41.4 Å². The Balaban J connectivity index is 3.35. The molecule has 0 aliphatic heterocycles. The molecule has 0 saturated heterocycles. The molecule has 26 heavy (non-hydrogen) atoms. The largest absolute Gasteiger partial charge is 0.431 e. The zero-order valence-corrected chi connectivity index (χ0v) is 15.1. The summed E-state index contributed by atoms with van der Waals surface area (Å²) in [5, 5.41) is 0. The van der Waals surface area contributed by atoms with Crippen LogP contribution in [-0.4, -0.2) is 33.9 Å². The molecule has 1 rings (SSSR count). The van der Waals surface area contributed by atoms with Gasteiger partial charge in [0, 0.05) is 12.6 Å². The number of hydrogen-bond acceptors (Lipinski definition) is 3. The van der Waals surface area contributed by atoms with Gasteiger partial charge in [-0.25, -0.2) is 0 Å². The van der Waals surface area contributed by atoms with Crippen LogP contribution in [-0.2, 0) is 17.5 Å². The number of nitrogens with zero attached hydrogens (tertiary/aromatic N) is 2. The number of nitrogens with two attached hydrogens (primary N) is 1. The van der Waals surface area contributed by atoms with Crippen molar-refractivity contribution in [1.29, 1.82) is 0 Å². The molecular formula is C17H24F3N3O3. The van der Waals surface area contributed by atoms with Crippen molar-refractivity contribution in [3.05, 3.63) is 33.7 Å². The monoisotopic (exact) mass is 375 g/mol. The highest BCUT2D eigenvalue weighted by Crippen LogP contribution is 2.28. The van der Waals surface area contributed by atoms with E-state index in [0.717, 1.165) is 12.5 Å². The fraction of sp³-hybridized carbons (Fsp3) is 0.588. The molecule has 9 heteroatoms. The zero-order chi connectivity index (χ0) is 20.1. The van der Waals surface area contributed by atoms with Crippen molar-refractivity contribution in [2.45, 2.75) is 58.8 Å². The SMILES string of the molecule is CCCCN(C(=O)Cn1c(C(F)(F)F)ccc(C(N)=O)c1=O)[C@H](C)CC. The Hall–Kier alpha value is -2.32. The van der Waals surface area contributed by atoms with Crippen LogP contribution in [0.15, 0.2) is 16.9 Å². The molecule has 2 N–H and O–H groups in total. The van der Waals surface area contributed by atoms with E-state index >= 15 is 0 Å². The fourth-order valence-corrected chi connectivity index (χ4v) is 2.54. The molecule has 146 valence electrons. The molecule has 1 aromatic rings. The van der Waals surface area contributed by atoms with E-state index in [1.54, 1.807) is 6.92 Å². The molecule has 1 aromatic heterocycles. The van der Waals surface area contributed by atoms with Crippen LogP contribution in [0, 0.1) is 0 Å². The number of carbonyl (C=O) groups excluding carboxylic acids is 2. The number of halogens is 3. The second-order valence-electron chi connectivity index (χ2n) is 6.08. The second kappa shape index (κ2) is 8.86. The normalized spacial score (nSPS) is 12.7. The molecule has 2 amide bonds. The Morgan fingerprint density at radius 3 is 2.35 bits per heavy atom. The lowest BCUT2D eigenvalue weighted by molar-refractivity contribution is -0.146. The van der Waals surface area contributed by atoms with Crippen molar-refractivity contribution >= 4 is 11.8 Å². The third kappa shape index (κ3) is 5.09. The molecule has 0 fully saturated rings. The number of primary amides is 1. The molecule has 1 atom stereocenters. The van der Waals surface area contributed by atoms with Gasteiger partial charge in [0.1, 0.15) is 17.8 Å². The molecule has 1 heterocycles. The quantitative estimate of drug-likeness (QED) is 0.757. The molecule has 0 saturated carbocycles. The summed E-state index contributed by atoms with van der Waals surface area (Å²) < 4.78 is 40.0. The average molecular weight is 375 g/mol. The van der Waals surface area contributed by atoms with Crippen molar-refractivity contribution in [3.63, 3.8) is 0 Å². The first-order valence-electron chi connectivity index (χ1n) is 8.44. The minimum atomic E-state index is -4.85. The molecule has 0 bridgehead atoms. The predicted molar refractivity (Wildman–Crippen MR) is 90.6 cm³/mol. The number of amides is 2. The van der Waals surface area contributed by atoms with Gasteiger partial charge in [0.15, 0.2) is 0 Å². The maximum absolute atomic E-state index is 13.2. The minimum Gasteiger partial charge on any atom is -0.365 e. The van der Waals surface area contributed by atoms with Gasteiger partial charge in [0.25, 0.3) is 11.5 Å². The molecule has 6 nitrogen and oxygen atoms in total. The van der Waals surface area contributed by atoms with Gasteiger partial charge >= 0.3 is 6.18 Å². The summed E-state index contributed by atoms with van der Waals surface area (Å²) in [6.07, 6.45) is -2.72. The third-order valence-electron chi connectivity index (χ3n) is 4.22. The van der Waals surface area contributed by atoms with Crippen LogP contribution in [0.3, 0.4) is 0 Å². The molecular weight excluding hydrogens is 351 g/mol. The topological polar surface area (TPSA) is 85.4 Å². The van der Waals surface area contributed by atoms with Gasteiger partial charge in [0.2, 0.25) is 5.91 Å². The van der Waals surface area contributed by atoms with E-state index in [4.69, 9.17) is 5.73 Å². The van der Waals surface area contributed by atoms with Gasteiger partial charge in [-0.1, -0.05) is 20.3 Å². The maximum Gasteiger partial charge on any atom is 0.431 e. The summed E-state index contributed by atoms with van der Waals surface area (Å²) in [7, 11) is 0. The first-order chi connectivity index (χ1) is 12.0. The second-order valence-corrected chi connectivity index (χ2v) is 6.08. The van der Waals surface area contributed by atoms with E-state index in [2.05, 4.69) is 0 Å². The van der Waals surface area contributed by atoms with Gasteiger partial charge in [-0.05, 0) is 31.9 Å². The van der Waals surface area contributed by atoms with E-state index in [9.17, 15) is 27.6 Å². The zero-order valence-electron chi connectivity index (χ0n) is 15.1. The molecule has 0 aliphatic carbocycles. The smallest absolute Gasteiger partial charge is 0.365 e. The highest BCUT2D eigenvalue weighted by molar-refractivity contribution is 5.92. The summed E-state index contributed by atoms with van der Waals surface area (Å²) in [4.78, 5) is 37.6. The van der Waals surface area contributed by atoms with Gasteiger partial charge in [-0.2, -0.15) is 13.2 Å². The highest BCUT2D eigenvalue weighted by Gasteiger charge is 2.36. The molecule has 0 aromatic carbocycles. The van der Waals surface area contributed by atoms with Crippen molar-refractivity contribution in [1.82, 2.24) is 9.47 Å². The average Bonchev–Trinajstić information content (AvgIpc) is 2.55. The van der Waals surface area contributed by atoms with Gasteiger partial charge in [-0.15, -0.1) is 0 Å². The van der Waals surface area contributed by atoms with Crippen LogP contribution in [0.1, 0.15) is 56.1 Å². The molecule has 0 unspecified atom stereocenters. The van der Waals surface area contributed by atoms with Gasteiger partial charge < -0.3 is 10.6 Å². The summed E-state index contributed by atoms with van der Waals surface area (Å²) in [5.41, 5.74) is 1.94. The lowest BCUT2D eigenvalue weighted by Crippen LogP contribution is -2.44. The van der Waals surface area contributed by atoms with Crippen molar-refractivity contribution < 1.29 is 22.8 Å². The summed E-state index contributed by atoms with van der Waals surface area (Å²) >= 11 is 0.